The van der Waals surface area contributed by atoms with Crippen molar-refractivity contribution in [1.82, 2.24) is 5.32 Å². The normalized spacial score (nSPS) is 12.4. The van der Waals surface area contributed by atoms with Gasteiger partial charge in [0.2, 0.25) is 0 Å². The van der Waals surface area contributed by atoms with Gasteiger partial charge in [0.05, 0.1) is 4.47 Å². The van der Waals surface area contributed by atoms with Crippen molar-refractivity contribution in [1.29, 1.82) is 0 Å². The molecule has 0 bridgehead atoms. The second kappa shape index (κ2) is 6.83. The molecule has 0 radical (unpaired) electrons. The van der Waals surface area contributed by atoms with Crippen molar-refractivity contribution in [3.05, 3.63) is 69.9 Å². The van der Waals surface area contributed by atoms with Gasteiger partial charge >= 0.3 is 0 Å². The van der Waals surface area contributed by atoms with Crippen molar-refractivity contribution < 1.29 is 4.39 Å². The monoisotopic (exact) mass is 321 g/mol. The molecule has 1 N–H and O–H groups in total. The van der Waals surface area contributed by atoms with Crippen molar-refractivity contribution in [3.63, 3.8) is 0 Å². The fourth-order valence-electron chi connectivity index (χ4n) is 2.01. The Hall–Kier alpha value is -1.19. The first-order chi connectivity index (χ1) is 9.18. The van der Waals surface area contributed by atoms with E-state index in [1.807, 2.05) is 12.1 Å². The molecule has 0 saturated heterocycles. The van der Waals surface area contributed by atoms with Crippen LogP contribution in [0, 0.1) is 5.82 Å². The van der Waals surface area contributed by atoms with Crippen LogP contribution >= 0.6 is 15.9 Å². The minimum Gasteiger partial charge on any atom is -0.312 e. The van der Waals surface area contributed by atoms with Crippen LogP contribution in [0.2, 0.25) is 0 Å². The molecule has 2 aromatic rings. The number of hydrogen-bond donors (Lipinski definition) is 1. The van der Waals surface area contributed by atoms with Gasteiger partial charge in [-0.3, -0.25) is 0 Å². The Balaban J connectivity index is 1.88. The average Bonchev–Trinajstić information content (AvgIpc) is 2.44. The topological polar surface area (TPSA) is 12.0 Å². The van der Waals surface area contributed by atoms with Crippen LogP contribution in [0.3, 0.4) is 0 Å². The highest BCUT2D eigenvalue weighted by atomic mass is 79.9. The molecule has 3 heteroatoms. The van der Waals surface area contributed by atoms with Gasteiger partial charge in [0.1, 0.15) is 5.82 Å². The summed E-state index contributed by atoms with van der Waals surface area (Å²) >= 11 is 3.28. The van der Waals surface area contributed by atoms with Gasteiger partial charge < -0.3 is 5.32 Å². The smallest absolute Gasteiger partial charge is 0.137 e. The molecule has 2 aromatic carbocycles. The molecule has 0 fully saturated rings. The molecule has 0 heterocycles. The lowest BCUT2D eigenvalue weighted by Gasteiger charge is -2.13. The first-order valence-electron chi connectivity index (χ1n) is 6.37. The quantitative estimate of drug-likeness (QED) is 0.856. The molecule has 2 rings (SSSR count). The summed E-state index contributed by atoms with van der Waals surface area (Å²) in [4.78, 5) is 0. The first kappa shape index (κ1) is 14.2. The highest BCUT2D eigenvalue weighted by Crippen LogP contribution is 2.20. The number of halogens is 2. The second-order valence-electron chi connectivity index (χ2n) is 4.66. The van der Waals surface area contributed by atoms with E-state index in [0.29, 0.717) is 16.9 Å². The maximum absolute atomic E-state index is 13.4. The molecular formula is C16H17BrFN. The zero-order chi connectivity index (χ0) is 13.7. The largest absolute Gasteiger partial charge is 0.312 e. The lowest BCUT2D eigenvalue weighted by atomic mass is 10.0. The third kappa shape index (κ3) is 3.88. The lowest BCUT2D eigenvalue weighted by Crippen LogP contribution is -2.20. The summed E-state index contributed by atoms with van der Waals surface area (Å²) in [6.45, 7) is 3.71. The summed E-state index contributed by atoms with van der Waals surface area (Å²) in [6, 6.07) is 15.5. The fourth-order valence-corrected chi connectivity index (χ4v) is 2.41. The van der Waals surface area contributed by atoms with E-state index in [0.717, 1.165) is 12.1 Å². The van der Waals surface area contributed by atoms with Gasteiger partial charge in [-0.1, -0.05) is 49.4 Å². The van der Waals surface area contributed by atoms with Crippen LogP contribution in [0.5, 0.6) is 0 Å². The van der Waals surface area contributed by atoms with Crippen LogP contribution in [0.4, 0.5) is 4.39 Å². The third-order valence-electron chi connectivity index (χ3n) is 3.17. The molecule has 0 aromatic heterocycles. The minimum absolute atomic E-state index is 0.213. The molecule has 0 aliphatic carbocycles. The van der Waals surface area contributed by atoms with E-state index in [2.05, 4.69) is 52.4 Å². The number of hydrogen-bond acceptors (Lipinski definition) is 1. The molecule has 0 saturated carbocycles. The van der Waals surface area contributed by atoms with E-state index in [-0.39, 0.29) is 5.82 Å². The Kier molecular flexibility index (Phi) is 5.11. The summed E-state index contributed by atoms with van der Waals surface area (Å²) < 4.78 is 13.9. The van der Waals surface area contributed by atoms with Crippen molar-refractivity contribution in [2.75, 3.05) is 6.54 Å². The van der Waals surface area contributed by atoms with Gasteiger partial charge in [-0.2, -0.15) is 0 Å². The Labute approximate surface area is 122 Å². The highest BCUT2D eigenvalue weighted by molar-refractivity contribution is 9.10. The zero-order valence-corrected chi connectivity index (χ0v) is 12.5. The van der Waals surface area contributed by atoms with E-state index < -0.39 is 0 Å². The summed E-state index contributed by atoms with van der Waals surface area (Å²) in [5.74, 6) is 0.226. The maximum atomic E-state index is 13.4. The highest BCUT2D eigenvalue weighted by Gasteiger charge is 2.07. The van der Waals surface area contributed by atoms with Crippen molar-refractivity contribution in [3.8, 4) is 0 Å². The van der Waals surface area contributed by atoms with E-state index in [4.69, 9.17) is 0 Å². The Morgan fingerprint density at radius 1 is 1.11 bits per heavy atom. The maximum Gasteiger partial charge on any atom is 0.137 e. The van der Waals surface area contributed by atoms with Crippen LogP contribution in [0.25, 0.3) is 0 Å². The molecule has 1 nitrogen and oxygen atoms in total. The average molecular weight is 322 g/mol. The molecule has 0 spiro atoms. The van der Waals surface area contributed by atoms with E-state index in [1.165, 1.54) is 11.6 Å². The second-order valence-corrected chi connectivity index (χ2v) is 5.45. The predicted octanol–water partition coefficient (Wildman–Crippen LogP) is 4.48. The summed E-state index contributed by atoms with van der Waals surface area (Å²) in [6.07, 6.45) is 0. The van der Waals surface area contributed by atoms with Crippen LogP contribution in [0.1, 0.15) is 24.0 Å². The first-order valence-corrected chi connectivity index (χ1v) is 7.16. The van der Waals surface area contributed by atoms with Crippen LogP contribution in [-0.4, -0.2) is 6.54 Å². The number of nitrogens with one attached hydrogen (secondary N) is 1. The number of rotatable bonds is 5. The Morgan fingerprint density at radius 3 is 2.58 bits per heavy atom. The van der Waals surface area contributed by atoms with Crippen molar-refractivity contribution in [2.45, 2.75) is 19.4 Å². The van der Waals surface area contributed by atoms with Gasteiger partial charge in [0, 0.05) is 13.1 Å². The molecule has 1 unspecified atom stereocenters. The molecule has 19 heavy (non-hydrogen) atoms. The van der Waals surface area contributed by atoms with Gasteiger partial charge in [0.25, 0.3) is 0 Å². The Bertz CT molecular complexity index is 528. The molecule has 100 valence electrons. The molecule has 0 aliphatic heterocycles. The summed E-state index contributed by atoms with van der Waals surface area (Å²) in [5.41, 5.74) is 2.26. The van der Waals surface area contributed by atoms with Gasteiger partial charge in [-0.05, 0) is 39.0 Å². The molecule has 0 amide bonds. The zero-order valence-electron chi connectivity index (χ0n) is 10.9. The van der Waals surface area contributed by atoms with Gasteiger partial charge in [0.15, 0.2) is 0 Å². The van der Waals surface area contributed by atoms with Crippen LogP contribution < -0.4 is 5.32 Å². The molecular weight excluding hydrogens is 305 g/mol. The van der Waals surface area contributed by atoms with Crippen LogP contribution in [0.15, 0.2) is 53.0 Å². The summed E-state index contributed by atoms with van der Waals surface area (Å²) in [7, 11) is 0. The predicted molar refractivity (Wildman–Crippen MR) is 80.7 cm³/mol. The van der Waals surface area contributed by atoms with Crippen LogP contribution in [-0.2, 0) is 6.54 Å². The van der Waals surface area contributed by atoms with E-state index >= 15 is 0 Å². The lowest BCUT2D eigenvalue weighted by molar-refractivity contribution is 0.597. The summed E-state index contributed by atoms with van der Waals surface area (Å²) in [5, 5.41) is 3.37. The fraction of sp³-hybridized carbons (Fsp3) is 0.250. The SMILES string of the molecule is CC(CNCc1cccc(F)c1Br)c1ccccc1. The van der Waals surface area contributed by atoms with E-state index in [9.17, 15) is 4.39 Å². The molecule has 1 atom stereocenters. The Morgan fingerprint density at radius 2 is 1.84 bits per heavy atom. The third-order valence-corrected chi connectivity index (χ3v) is 4.05. The van der Waals surface area contributed by atoms with Gasteiger partial charge in [-0.15, -0.1) is 0 Å². The standard InChI is InChI=1S/C16H17BrFN/c1-12(13-6-3-2-4-7-13)10-19-11-14-8-5-9-15(18)16(14)17/h2-9,12,19H,10-11H2,1H3. The number of benzene rings is 2. The molecule has 0 aliphatic rings. The van der Waals surface area contributed by atoms with E-state index in [1.54, 1.807) is 6.07 Å². The van der Waals surface area contributed by atoms with Crippen molar-refractivity contribution >= 4 is 15.9 Å². The minimum atomic E-state index is -0.213. The van der Waals surface area contributed by atoms with Crippen molar-refractivity contribution in [2.24, 2.45) is 0 Å². The van der Waals surface area contributed by atoms with Gasteiger partial charge in [-0.25, -0.2) is 4.39 Å².